The molecule has 0 amide bonds. The molecule has 5 heteroatoms. The molecule has 2 nitrogen and oxygen atoms in total. The molecule has 1 rings (SSSR count). The third-order valence-electron chi connectivity index (χ3n) is 2.89. The van der Waals surface area contributed by atoms with Crippen LogP contribution in [0, 0.1) is 5.92 Å². The van der Waals surface area contributed by atoms with E-state index in [2.05, 4.69) is 5.32 Å². The summed E-state index contributed by atoms with van der Waals surface area (Å²) >= 11 is 0. The summed E-state index contributed by atoms with van der Waals surface area (Å²) in [6.07, 6.45) is -1.02. The summed E-state index contributed by atoms with van der Waals surface area (Å²) < 4.78 is 43.9. The Kier molecular flexibility index (Phi) is 6.92. The molecule has 0 saturated heterocycles. The van der Waals surface area contributed by atoms with Crippen LogP contribution in [0.2, 0.25) is 0 Å². The molecular formula is C16H22F3NO. The Morgan fingerprint density at radius 3 is 2.57 bits per heavy atom. The van der Waals surface area contributed by atoms with Crippen molar-refractivity contribution in [2.75, 3.05) is 20.3 Å². The van der Waals surface area contributed by atoms with E-state index in [1.807, 2.05) is 13.8 Å². The maximum atomic E-state index is 13.0. The topological polar surface area (TPSA) is 21.3 Å². The van der Waals surface area contributed by atoms with Gasteiger partial charge >= 0.3 is 6.18 Å². The number of allylic oxidation sites excluding steroid dienone is 1. The third kappa shape index (κ3) is 6.31. The van der Waals surface area contributed by atoms with Gasteiger partial charge in [-0.15, -0.1) is 0 Å². The second-order valence-corrected chi connectivity index (χ2v) is 5.19. The van der Waals surface area contributed by atoms with Gasteiger partial charge in [0, 0.05) is 20.2 Å². The van der Waals surface area contributed by atoms with E-state index in [0.29, 0.717) is 19.7 Å². The van der Waals surface area contributed by atoms with Gasteiger partial charge < -0.3 is 10.1 Å². The van der Waals surface area contributed by atoms with Gasteiger partial charge in [-0.1, -0.05) is 32.1 Å². The van der Waals surface area contributed by atoms with Crippen LogP contribution in [0.3, 0.4) is 0 Å². The van der Waals surface area contributed by atoms with E-state index in [1.165, 1.54) is 6.07 Å². The Hall–Kier alpha value is -1.33. The summed E-state index contributed by atoms with van der Waals surface area (Å²) in [7, 11) is 1.61. The minimum atomic E-state index is -4.33. The average molecular weight is 301 g/mol. The number of alkyl halides is 3. The number of methoxy groups -OCH3 is 1. The summed E-state index contributed by atoms with van der Waals surface area (Å²) in [6, 6.07) is 4.24. The van der Waals surface area contributed by atoms with E-state index >= 15 is 0 Å². The molecule has 21 heavy (non-hydrogen) atoms. The molecule has 0 heterocycles. The summed E-state index contributed by atoms with van der Waals surface area (Å²) in [5, 5.41) is 3.12. The zero-order valence-corrected chi connectivity index (χ0v) is 12.6. The summed E-state index contributed by atoms with van der Waals surface area (Å²) in [4.78, 5) is 0. The van der Waals surface area contributed by atoms with Crippen LogP contribution >= 0.6 is 0 Å². The number of nitrogens with one attached hydrogen (secondary N) is 1. The fourth-order valence-corrected chi connectivity index (χ4v) is 1.82. The smallest absolute Gasteiger partial charge is 0.383 e. The number of halogens is 3. The average Bonchev–Trinajstić information content (AvgIpc) is 2.40. The normalized spacial score (nSPS) is 12.5. The van der Waals surface area contributed by atoms with Gasteiger partial charge in [0.05, 0.1) is 12.2 Å². The number of hydrogen-bond acceptors (Lipinski definition) is 2. The van der Waals surface area contributed by atoms with Gasteiger partial charge in [0.25, 0.3) is 0 Å². The summed E-state index contributed by atoms with van der Waals surface area (Å²) in [6.45, 7) is 5.61. The van der Waals surface area contributed by atoms with Crippen molar-refractivity contribution in [3.05, 3.63) is 41.0 Å². The van der Waals surface area contributed by atoms with Crippen molar-refractivity contribution in [2.45, 2.75) is 26.6 Å². The molecule has 0 radical (unpaired) electrons. The highest BCUT2D eigenvalue weighted by Crippen LogP contribution is 2.33. The van der Waals surface area contributed by atoms with Gasteiger partial charge in [0.1, 0.15) is 0 Å². The van der Waals surface area contributed by atoms with Crippen LogP contribution in [0.5, 0.6) is 0 Å². The molecule has 0 saturated carbocycles. The van der Waals surface area contributed by atoms with Gasteiger partial charge in [-0.05, 0) is 29.2 Å². The van der Waals surface area contributed by atoms with Gasteiger partial charge in [0.2, 0.25) is 0 Å². The van der Waals surface area contributed by atoms with Crippen molar-refractivity contribution < 1.29 is 17.9 Å². The Labute approximate surface area is 124 Å². The molecule has 1 N–H and O–H groups in total. The Morgan fingerprint density at radius 2 is 2.00 bits per heavy atom. The zero-order chi connectivity index (χ0) is 15.9. The molecule has 0 unspecified atom stereocenters. The maximum Gasteiger partial charge on any atom is 0.416 e. The molecule has 1 aromatic rings. The van der Waals surface area contributed by atoms with Crippen molar-refractivity contribution in [2.24, 2.45) is 5.92 Å². The van der Waals surface area contributed by atoms with Crippen molar-refractivity contribution in [3.63, 3.8) is 0 Å². The largest absolute Gasteiger partial charge is 0.416 e. The predicted octanol–water partition coefficient (Wildman–Crippen LogP) is 4.11. The van der Waals surface area contributed by atoms with Crippen molar-refractivity contribution >= 4 is 6.08 Å². The van der Waals surface area contributed by atoms with Gasteiger partial charge in [-0.3, -0.25) is 0 Å². The fourth-order valence-electron chi connectivity index (χ4n) is 1.82. The minimum absolute atomic E-state index is 0.203. The van der Waals surface area contributed by atoms with E-state index in [9.17, 15) is 13.2 Å². The van der Waals surface area contributed by atoms with E-state index in [1.54, 1.807) is 25.3 Å². The molecule has 0 aromatic heterocycles. The summed E-state index contributed by atoms with van der Waals surface area (Å²) in [5.41, 5.74) is 0.435. The predicted molar refractivity (Wildman–Crippen MR) is 78.9 cm³/mol. The molecule has 0 aliphatic heterocycles. The molecule has 118 valence electrons. The highest BCUT2D eigenvalue weighted by atomic mass is 19.4. The summed E-state index contributed by atoms with van der Waals surface area (Å²) in [5.74, 6) is 0.203. The first-order chi connectivity index (χ1) is 9.84. The van der Waals surface area contributed by atoms with Crippen LogP contribution in [-0.4, -0.2) is 20.3 Å². The van der Waals surface area contributed by atoms with Crippen LogP contribution < -0.4 is 5.32 Å². The SMILES string of the molecule is COCCNCc1ccc(C(F)(F)F)c(/C=C/C(C)C)c1. The Balaban J connectivity index is 2.92. The molecule has 0 spiro atoms. The first kappa shape index (κ1) is 17.7. The lowest BCUT2D eigenvalue weighted by molar-refractivity contribution is -0.137. The molecule has 0 aliphatic carbocycles. The van der Waals surface area contributed by atoms with E-state index in [0.717, 1.165) is 11.6 Å². The van der Waals surface area contributed by atoms with Crippen molar-refractivity contribution in [3.8, 4) is 0 Å². The second-order valence-electron chi connectivity index (χ2n) is 5.19. The zero-order valence-electron chi connectivity index (χ0n) is 12.6. The number of rotatable bonds is 7. The minimum Gasteiger partial charge on any atom is -0.383 e. The van der Waals surface area contributed by atoms with Gasteiger partial charge in [-0.2, -0.15) is 13.2 Å². The first-order valence-corrected chi connectivity index (χ1v) is 6.92. The molecular weight excluding hydrogens is 279 g/mol. The molecule has 1 aromatic carbocycles. The van der Waals surface area contributed by atoms with Gasteiger partial charge in [0.15, 0.2) is 0 Å². The number of benzene rings is 1. The monoisotopic (exact) mass is 301 g/mol. The fraction of sp³-hybridized carbons (Fsp3) is 0.500. The Morgan fingerprint density at radius 1 is 1.29 bits per heavy atom. The number of hydrogen-bond donors (Lipinski definition) is 1. The third-order valence-corrected chi connectivity index (χ3v) is 2.89. The number of ether oxygens (including phenoxy) is 1. The standard InChI is InChI=1S/C16H22F3NO/c1-12(2)4-6-14-10-13(11-20-8-9-21-3)5-7-15(14)16(17,18)19/h4-7,10,12,20H,8-9,11H2,1-3H3/b6-4+. The van der Waals surface area contributed by atoms with Crippen molar-refractivity contribution in [1.29, 1.82) is 0 Å². The lowest BCUT2D eigenvalue weighted by atomic mass is 10.0. The van der Waals surface area contributed by atoms with Gasteiger partial charge in [-0.25, -0.2) is 0 Å². The maximum absolute atomic E-state index is 13.0. The van der Waals surface area contributed by atoms with Crippen LogP contribution in [0.4, 0.5) is 13.2 Å². The van der Waals surface area contributed by atoms with Crippen molar-refractivity contribution in [1.82, 2.24) is 5.32 Å². The molecule has 0 fully saturated rings. The molecule has 0 aliphatic rings. The van der Waals surface area contributed by atoms with Crippen LogP contribution in [0.1, 0.15) is 30.5 Å². The highest BCUT2D eigenvalue weighted by Gasteiger charge is 2.32. The second kappa shape index (κ2) is 8.20. The van der Waals surface area contributed by atoms with Crippen LogP contribution in [-0.2, 0) is 17.5 Å². The molecule has 0 bridgehead atoms. The van der Waals surface area contributed by atoms with E-state index < -0.39 is 11.7 Å². The lowest BCUT2D eigenvalue weighted by Crippen LogP contribution is -2.19. The first-order valence-electron chi connectivity index (χ1n) is 6.92. The lowest BCUT2D eigenvalue weighted by Gasteiger charge is -2.13. The van der Waals surface area contributed by atoms with Crippen LogP contribution in [0.15, 0.2) is 24.3 Å². The highest BCUT2D eigenvalue weighted by molar-refractivity contribution is 5.56. The van der Waals surface area contributed by atoms with E-state index in [4.69, 9.17) is 4.74 Å². The van der Waals surface area contributed by atoms with E-state index in [-0.39, 0.29) is 11.5 Å². The quantitative estimate of drug-likeness (QED) is 0.765. The molecule has 0 atom stereocenters. The van der Waals surface area contributed by atoms with Crippen LogP contribution in [0.25, 0.3) is 6.08 Å². The Bertz CT molecular complexity index is 467.